The summed E-state index contributed by atoms with van der Waals surface area (Å²) in [6.07, 6.45) is 0.846. The van der Waals surface area contributed by atoms with Crippen molar-refractivity contribution in [2.45, 2.75) is 73.2 Å². The van der Waals surface area contributed by atoms with Gasteiger partial charge in [0.25, 0.3) is 0 Å². The lowest BCUT2D eigenvalue weighted by molar-refractivity contribution is -0.410. The lowest BCUT2D eigenvalue weighted by Gasteiger charge is -2.25. The van der Waals surface area contributed by atoms with Crippen LogP contribution in [0.5, 0.6) is 0 Å². The summed E-state index contributed by atoms with van der Waals surface area (Å²) in [7, 11) is 0. The predicted molar refractivity (Wildman–Crippen MR) is 66.2 cm³/mol. The Kier molecular flexibility index (Phi) is 6.13. The molecule has 0 radical (unpaired) electrons. The van der Waals surface area contributed by atoms with Crippen LogP contribution in [-0.2, 0) is 19.3 Å². The maximum atomic E-state index is 11.7. The first-order chi connectivity index (χ1) is 7.56. The number of carbonyl (C=O) groups excluding carboxylic acids is 1. The Morgan fingerprint density at radius 3 is 2.00 bits per heavy atom. The first kappa shape index (κ1) is 16.4. The second-order valence-corrected chi connectivity index (χ2v) is 6.17. The lowest BCUT2D eigenvalue weighted by atomic mass is 9.97. The fourth-order valence-electron chi connectivity index (χ4n) is 0.857. The average molecular weight is 246 g/mol. The van der Waals surface area contributed by atoms with Crippen LogP contribution in [0.15, 0.2) is 0 Å². The third-order valence-corrected chi connectivity index (χ3v) is 1.78. The van der Waals surface area contributed by atoms with Gasteiger partial charge in [0.15, 0.2) is 0 Å². The van der Waals surface area contributed by atoms with Gasteiger partial charge in [-0.15, -0.1) is 0 Å². The molecule has 0 aliphatic carbocycles. The summed E-state index contributed by atoms with van der Waals surface area (Å²) in [6, 6.07) is 0. The molecule has 0 amide bonds. The number of hydrogen-bond acceptors (Lipinski definition) is 4. The van der Waals surface area contributed by atoms with Gasteiger partial charge in [0.2, 0.25) is 6.29 Å². The summed E-state index contributed by atoms with van der Waals surface area (Å²) in [6.45, 7) is 13.1. The molecule has 0 saturated carbocycles. The third kappa shape index (κ3) is 8.16. The highest BCUT2D eigenvalue weighted by atomic mass is 17.2. The zero-order chi connectivity index (χ0) is 13.7. The fraction of sp³-hybridized carbons (Fsp3) is 0.923. The quantitative estimate of drug-likeness (QED) is 0.322. The SMILES string of the molecule is CCCC(OOC(C)(C)C)OC(=O)C(C)(C)C. The van der Waals surface area contributed by atoms with E-state index in [1.807, 2.05) is 48.5 Å². The second kappa shape index (κ2) is 6.36. The lowest BCUT2D eigenvalue weighted by Crippen LogP contribution is -2.32. The van der Waals surface area contributed by atoms with Gasteiger partial charge in [-0.1, -0.05) is 13.3 Å². The number of carbonyl (C=O) groups is 1. The number of hydrogen-bond donors (Lipinski definition) is 0. The molecule has 0 aromatic heterocycles. The molecule has 0 aromatic rings. The molecule has 0 N–H and O–H groups in total. The van der Waals surface area contributed by atoms with E-state index < -0.39 is 17.3 Å². The normalized spacial score (nSPS) is 14.5. The van der Waals surface area contributed by atoms with Crippen molar-refractivity contribution in [2.24, 2.45) is 5.41 Å². The van der Waals surface area contributed by atoms with Crippen LogP contribution >= 0.6 is 0 Å². The van der Waals surface area contributed by atoms with E-state index in [-0.39, 0.29) is 5.97 Å². The smallest absolute Gasteiger partial charge is 0.313 e. The van der Waals surface area contributed by atoms with E-state index in [1.54, 1.807) is 0 Å². The molecule has 0 fully saturated rings. The standard InChI is InChI=1S/C13H26O4/c1-8-9-10(16-17-13(5,6)7)15-11(14)12(2,3)4/h10H,8-9H2,1-7H3. The summed E-state index contributed by atoms with van der Waals surface area (Å²) < 4.78 is 5.26. The third-order valence-electron chi connectivity index (χ3n) is 1.78. The highest BCUT2D eigenvalue weighted by Crippen LogP contribution is 2.19. The Hall–Kier alpha value is -0.610. The van der Waals surface area contributed by atoms with E-state index in [9.17, 15) is 4.79 Å². The Labute approximate surface area is 105 Å². The van der Waals surface area contributed by atoms with Crippen LogP contribution in [0.2, 0.25) is 0 Å². The zero-order valence-electron chi connectivity index (χ0n) is 12.1. The van der Waals surface area contributed by atoms with Crippen molar-refractivity contribution in [1.82, 2.24) is 0 Å². The summed E-state index contributed by atoms with van der Waals surface area (Å²) in [5.74, 6) is -0.284. The van der Waals surface area contributed by atoms with Crippen LogP contribution in [0, 0.1) is 5.41 Å². The summed E-state index contributed by atoms with van der Waals surface area (Å²) in [5.41, 5.74) is -0.947. The molecule has 1 atom stereocenters. The fourth-order valence-corrected chi connectivity index (χ4v) is 0.857. The van der Waals surface area contributed by atoms with Gasteiger partial charge < -0.3 is 4.74 Å². The minimum absolute atomic E-state index is 0.284. The van der Waals surface area contributed by atoms with Crippen molar-refractivity contribution in [3.8, 4) is 0 Å². The van der Waals surface area contributed by atoms with Crippen molar-refractivity contribution in [2.75, 3.05) is 0 Å². The Morgan fingerprint density at radius 1 is 1.12 bits per heavy atom. The molecule has 0 rings (SSSR count). The van der Waals surface area contributed by atoms with Gasteiger partial charge in [0.05, 0.1) is 11.0 Å². The zero-order valence-corrected chi connectivity index (χ0v) is 12.1. The van der Waals surface area contributed by atoms with Gasteiger partial charge in [-0.05, 0) is 41.5 Å². The Bertz CT molecular complexity index is 235. The molecule has 0 aliphatic heterocycles. The van der Waals surface area contributed by atoms with Crippen LogP contribution in [0.1, 0.15) is 61.3 Å². The molecule has 0 aromatic carbocycles. The molecular formula is C13H26O4. The molecule has 0 aliphatic rings. The number of ether oxygens (including phenoxy) is 1. The first-order valence-electron chi connectivity index (χ1n) is 6.12. The Balaban J connectivity index is 4.30. The maximum Gasteiger partial charge on any atom is 0.313 e. The van der Waals surface area contributed by atoms with E-state index >= 15 is 0 Å². The van der Waals surface area contributed by atoms with Gasteiger partial charge in [-0.25, -0.2) is 4.89 Å². The second-order valence-electron chi connectivity index (χ2n) is 6.17. The number of rotatable bonds is 5. The Morgan fingerprint density at radius 2 is 1.65 bits per heavy atom. The molecular weight excluding hydrogens is 220 g/mol. The van der Waals surface area contributed by atoms with Crippen molar-refractivity contribution < 1.29 is 19.3 Å². The van der Waals surface area contributed by atoms with Crippen LogP contribution in [0.4, 0.5) is 0 Å². The van der Waals surface area contributed by atoms with Crippen molar-refractivity contribution in [3.63, 3.8) is 0 Å². The molecule has 4 heteroatoms. The molecule has 1 unspecified atom stereocenters. The van der Waals surface area contributed by atoms with E-state index in [0.29, 0.717) is 6.42 Å². The number of esters is 1. The van der Waals surface area contributed by atoms with Crippen LogP contribution in [0.3, 0.4) is 0 Å². The minimum Gasteiger partial charge on any atom is -0.433 e. The summed E-state index contributed by atoms with van der Waals surface area (Å²) in [5, 5.41) is 0. The van der Waals surface area contributed by atoms with Crippen LogP contribution < -0.4 is 0 Å². The van der Waals surface area contributed by atoms with Gasteiger partial charge in [0, 0.05) is 6.42 Å². The van der Waals surface area contributed by atoms with Gasteiger partial charge >= 0.3 is 5.97 Å². The van der Waals surface area contributed by atoms with Gasteiger partial charge in [-0.2, -0.15) is 4.89 Å². The first-order valence-corrected chi connectivity index (χ1v) is 6.12. The monoisotopic (exact) mass is 246 g/mol. The topological polar surface area (TPSA) is 44.8 Å². The average Bonchev–Trinajstić information content (AvgIpc) is 2.11. The van der Waals surface area contributed by atoms with E-state index in [1.165, 1.54) is 0 Å². The molecule has 0 bridgehead atoms. The highest BCUT2D eigenvalue weighted by Gasteiger charge is 2.27. The van der Waals surface area contributed by atoms with Crippen LogP contribution in [0.25, 0.3) is 0 Å². The maximum absolute atomic E-state index is 11.7. The van der Waals surface area contributed by atoms with E-state index in [0.717, 1.165) is 6.42 Å². The molecule has 17 heavy (non-hydrogen) atoms. The van der Waals surface area contributed by atoms with Crippen molar-refractivity contribution >= 4 is 5.97 Å². The van der Waals surface area contributed by atoms with Crippen LogP contribution in [-0.4, -0.2) is 17.9 Å². The molecule has 4 nitrogen and oxygen atoms in total. The molecule has 0 saturated heterocycles. The van der Waals surface area contributed by atoms with Crippen molar-refractivity contribution in [1.29, 1.82) is 0 Å². The van der Waals surface area contributed by atoms with E-state index in [2.05, 4.69) is 0 Å². The summed E-state index contributed by atoms with van der Waals surface area (Å²) in [4.78, 5) is 22.1. The van der Waals surface area contributed by atoms with Crippen molar-refractivity contribution in [3.05, 3.63) is 0 Å². The van der Waals surface area contributed by atoms with Gasteiger partial charge in [0.1, 0.15) is 0 Å². The van der Waals surface area contributed by atoms with Gasteiger partial charge in [-0.3, -0.25) is 4.79 Å². The predicted octanol–water partition coefficient (Wildman–Crippen LogP) is 3.45. The summed E-state index contributed by atoms with van der Waals surface area (Å²) >= 11 is 0. The molecule has 102 valence electrons. The molecule has 0 heterocycles. The largest absolute Gasteiger partial charge is 0.433 e. The van der Waals surface area contributed by atoms with E-state index in [4.69, 9.17) is 14.5 Å². The molecule has 0 spiro atoms. The minimum atomic E-state index is -0.633. The highest BCUT2D eigenvalue weighted by molar-refractivity contribution is 5.75.